The molecule has 0 saturated carbocycles. The van der Waals surface area contributed by atoms with Gasteiger partial charge in [0.15, 0.2) is 0 Å². The quantitative estimate of drug-likeness (QED) is 0.653. The summed E-state index contributed by atoms with van der Waals surface area (Å²) in [6.07, 6.45) is 1.84. The fourth-order valence-electron chi connectivity index (χ4n) is 2.39. The number of amides is 2. The van der Waals surface area contributed by atoms with Gasteiger partial charge in [0.25, 0.3) is 0 Å². The van der Waals surface area contributed by atoms with Gasteiger partial charge in [-0.3, -0.25) is 9.59 Å². The molecule has 1 aromatic rings. The molecule has 1 aromatic carbocycles. The smallest absolute Gasteiger partial charge is 0.406 e. The molecule has 134 valence electrons. The van der Waals surface area contributed by atoms with E-state index < -0.39 is 24.1 Å². The predicted octanol–water partition coefficient (Wildman–Crippen LogP) is 2.94. The Balaban J connectivity index is 2.04. The average Bonchev–Trinajstić information content (AvgIpc) is 2.87. The van der Waals surface area contributed by atoms with E-state index in [1.165, 1.54) is 23.1 Å². The largest absolute Gasteiger partial charge is 0.573 e. The van der Waals surface area contributed by atoms with E-state index >= 15 is 0 Å². The standard InChI is InChI=1S/C17H17F3N2O3/c1-2-3-4-8-15(23)21-14-9-10-22(16(14)24)12-6-5-7-13(11-12)25-17(18,19)20/h2-8,11,14H,9-10H2,1H3,(H,21,23)/b3-2+,8-4+. The highest BCUT2D eigenvalue weighted by Crippen LogP contribution is 2.29. The van der Waals surface area contributed by atoms with Crippen LogP contribution in [0.3, 0.4) is 0 Å². The van der Waals surface area contributed by atoms with Crippen molar-refractivity contribution in [2.45, 2.75) is 25.7 Å². The maximum absolute atomic E-state index is 12.4. The molecule has 1 N–H and O–H groups in total. The molecule has 1 aliphatic heterocycles. The van der Waals surface area contributed by atoms with Crippen molar-refractivity contribution in [3.05, 3.63) is 48.6 Å². The number of rotatable bonds is 5. The van der Waals surface area contributed by atoms with Crippen LogP contribution < -0.4 is 15.0 Å². The average molecular weight is 354 g/mol. The minimum Gasteiger partial charge on any atom is -0.406 e. The molecule has 0 spiro atoms. The first-order chi connectivity index (χ1) is 11.8. The van der Waals surface area contributed by atoms with Crippen LogP contribution in [0.4, 0.5) is 18.9 Å². The van der Waals surface area contributed by atoms with E-state index in [-0.39, 0.29) is 18.1 Å². The fourth-order valence-corrected chi connectivity index (χ4v) is 2.39. The van der Waals surface area contributed by atoms with Gasteiger partial charge in [0.1, 0.15) is 11.8 Å². The lowest BCUT2D eigenvalue weighted by Crippen LogP contribution is -2.40. The van der Waals surface area contributed by atoms with Crippen molar-refractivity contribution in [2.75, 3.05) is 11.4 Å². The summed E-state index contributed by atoms with van der Waals surface area (Å²) < 4.78 is 40.8. The number of hydrogen-bond donors (Lipinski definition) is 1. The summed E-state index contributed by atoms with van der Waals surface area (Å²) in [6, 6.07) is 4.46. The molecular formula is C17H17F3N2O3. The van der Waals surface area contributed by atoms with Crippen LogP contribution in [0.25, 0.3) is 0 Å². The van der Waals surface area contributed by atoms with Crippen LogP contribution in [0.5, 0.6) is 5.75 Å². The van der Waals surface area contributed by atoms with Crippen molar-refractivity contribution in [2.24, 2.45) is 0 Å². The summed E-state index contributed by atoms with van der Waals surface area (Å²) in [4.78, 5) is 25.4. The first kappa shape index (κ1) is 18.6. The predicted molar refractivity (Wildman–Crippen MR) is 86.0 cm³/mol. The van der Waals surface area contributed by atoms with E-state index in [1.54, 1.807) is 25.2 Å². The number of allylic oxidation sites excluding steroid dienone is 3. The van der Waals surface area contributed by atoms with Gasteiger partial charge in [0, 0.05) is 24.4 Å². The molecule has 0 aromatic heterocycles. The Bertz CT molecular complexity index is 699. The van der Waals surface area contributed by atoms with E-state index in [2.05, 4.69) is 10.1 Å². The maximum atomic E-state index is 12.4. The van der Waals surface area contributed by atoms with E-state index in [0.717, 1.165) is 12.1 Å². The summed E-state index contributed by atoms with van der Waals surface area (Å²) >= 11 is 0. The number of anilines is 1. The number of benzene rings is 1. The number of alkyl halides is 3. The lowest BCUT2D eigenvalue weighted by molar-refractivity contribution is -0.274. The topological polar surface area (TPSA) is 58.6 Å². The van der Waals surface area contributed by atoms with Gasteiger partial charge in [-0.1, -0.05) is 24.3 Å². The van der Waals surface area contributed by atoms with E-state index in [4.69, 9.17) is 0 Å². The van der Waals surface area contributed by atoms with Gasteiger partial charge < -0.3 is 15.0 Å². The number of halogens is 3. The number of nitrogens with zero attached hydrogens (tertiary/aromatic N) is 1. The summed E-state index contributed by atoms with van der Waals surface area (Å²) in [5, 5.41) is 2.58. The Morgan fingerprint density at radius 2 is 2.12 bits per heavy atom. The maximum Gasteiger partial charge on any atom is 0.573 e. The summed E-state index contributed by atoms with van der Waals surface area (Å²) in [5.74, 6) is -1.19. The van der Waals surface area contributed by atoms with Crippen molar-refractivity contribution in [1.29, 1.82) is 0 Å². The van der Waals surface area contributed by atoms with Crippen molar-refractivity contribution in [1.82, 2.24) is 5.32 Å². The van der Waals surface area contributed by atoms with E-state index in [0.29, 0.717) is 6.42 Å². The molecule has 0 bridgehead atoms. The Kier molecular flexibility index (Phi) is 5.84. The zero-order chi connectivity index (χ0) is 18.4. The van der Waals surface area contributed by atoms with Gasteiger partial charge in [-0.05, 0) is 25.5 Å². The molecule has 1 unspecified atom stereocenters. The van der Waals surface area contributed by atoms with Gasteiger partial charge in [-0.2, -0.15) is 0 Å². The molecule has 1 atom stereocenters. The molecule has 2 rings (SSSR count). The highest BCUT2D eigenvalue weighted by atomic mass is 19.4. The number of hydrogen-bond acceptors (Lipinski definition) is 3. The summed E-state index contributed by atoms with van der Waals surface area (Å²) in [5.41, 5.74) is 0.285. The number of nitrogens with one attached hydrogen (secondary N) is 1. The van der Waals surface area contributed by atoms with Crippen LogP contribution in [0.15, 0.2) is 48.6 Å². The lowest BCUT2D eigenvalue weighted by atomic mass is 10.2. The number of carbonyl (C=O) groups is 2. The molecule has 5 nitrogen and oxygen atoms in total. The monoisotopic (exact) mass is 354 g/mol. The third-order valence-corrected chi connectivity index (χ3v) is 3.44. The molecule has 1 saturated heterocycles. The first-order valence-corrected chi connectivity index (χ1v) is 7.57. The zero-order valence-corrected chi connectivity index (χ0v) is 13.4. The number of ether oxygens (including phenoxy) is 1. The Morgan fingerprint density at radius 1 is 1.36 bits per heavy atom. The highest BCUT2D eigenvalue weighted by Gasteiger charge is 2.34. The second-order valence-corrected chi connectivity index (χ2v) is 5.27. The van der Waals surface area contributed by atoms with Crippen molar-refractivity contribution in [3.8, 4) is 5.75 Å². The van der Waals surface area contributed by atoms with Gasteiger partial charge >= 0.3 is 6.36 Å². The number of carbonyl (C=O) groups excluding carboxylic acids is 2. The van der Waals surface area contributed by atoms with Crippen LogP contribution in [0.1, 0.15) is 13.3 Å². The van der Waals surface area contributed by atoms with Gasteiger partial charge in [0.05, 0.1) is 0 Å². The fraction of sp³-hybridized carbons (Fsp3) is 0.294. The van der Waals surface area contributed by atoms with Crippen LogP contribution in [-0.4, -0.2) is 30.8 Å². The third-order valence-electron chi connectivity index (χ3n) is 3.44. The molecule has 1 fully saturated rings. The lowest BCUT2D eigenvalue weighted by Gasteiger charge is -2.18. The normalized spacial score (nSPS) is 18.3. The van der Waals surface area contributed by atoms with Gasteiger partial charge in [-0.15, -0.1) is 13.2 Å². The van der Waals surface area contributed by atoms with Gasteiger partial charge in [-0.25, -0.2) is 0 Å². The van der Waals surface area contributed by atoms with Crippen LogP contribution in [0, 0.1) is 0 Å². The minimum atomic E-state index is -4.80. The van der Waals surface area contributed by atoms with Crippen molar-refractivity contribution in [3.63, 3.8) is 0 Å². The summed E-state index contributed by atoms with van der Waals surface area (Å²) in [6.45, 7) is 2.09. The zero-order valence-electron chi connectivity index (χ0n) is 13.4. The molecule has 1 heterocycles. The van der Waals surface area contributed by atoms with Gasteiger partial charge in [0.2, 0.25) is 11.8 Å². The SMILES string of the molecule is C/C=C/C=C/C(=O)NC1CCN(c2cccc(OC(F)(F)F)c2)C1=O. The highest BCUT2D eigenvalue weighted by molar-refractivity contribution is 6.02. The van der Waals surface area contributed by atoms with Crippen LogP contribution >= 0.6 is 0 Å². The molecule has 1 aliphatic rings. The molecule has 0 radical (unpaired) electrons. The van der Waals surface area contributed by atoms with E-state index in [1.807, 2.05) is 0 Å². The Labute approximate surface area is 142 Å². The van der Waals surface area contributed by atoms with Crippen molar-refractivity contribution < 1.29 is 27.5 Å². The van der Waals surface area contributed by atoms with Crippen LogP contribution in [-0.2, 0) is 9.59 Å². The molecule has 25 heavy (non-hydrogen) atoms. The molecular weight excluding hydrogens is 337 g/mol. The molecule has 0 aliphatic carbocycles. The third kappa shape index (κ3) is 5.37. The Morgan fingerprint density at radius 3 is 2.80 bits per heavy atom. The second-order valence-electron chi connectivity index (χ2n) is 5.27. The second kappa shape index (κ2) is 7.87. The van der Waals surface area contributed by atoms with E-state index in [9.17, 15) is 22.8 Å². The molecule has 2 amide bonds. The summed E-state index contributed by atoms with van der Waals surface area (Å²) in [7, 11) is 0. The van der Waals surface area contributed by atoms with Crippen molar-refractivity contribution >= 4 is 17.5 Å². The molecule has 8 heteroatoms. The minimum absolute atomic E-state index is 0.285. The van der Waals surface area contributed by atoms with Crippen LogP contribution in [0.2, 0.25) is 0 Å². The Hall–Kier alpha value is -2.77. The first-order valence-electron chi connectivity index (χ1n) is 7.57.